The van der Waals surface area contributed by atoms with E-state index in [2.05, 4.69) is 0 Å². The highest BCUT2D eigenvalue weighted by atomic mass is 14.6. The number of hydrogen-bond donors (Lipinski definition) is 0. The molecule has 0 aromatic rings. The maximum Gasteiger partial charge on any atom is -0.0241 e. The quantitative estimate of drug-likeness (QED) is 0.496. The largest absolute Gasteiger partial charge is 0.0527 e. The molecular weight excluding hydrogens is 132 g/mol. The van der Waals surface area contributed by atoms with E-state index in [1.54, 1.807) is 51.4 Å². The Morgan fingerprint density at radius 2 is 1.18 bits per heavy atom. The molecule has 0 heterocycles. The molecule has 0 nitrogen and oxygen atoms in total. The van der Waals surface area contributed by atoms with E-state index in [-0.39, 0.29) is 0 Å². The van der Waals surface area contributed by atoms with E-state index in [0.717, 1.165) is 5.41 Å². The van der Waals surface area contributed by atoms with Gasteiger partial charge in [-0.05, 0) is 55.8 Å². The zero-order valence-electron chi connectivity index (χ0n) is 7.31. The summed E-state index contributed by atoms with van der Waals surface area (Å²) in [7, 11) is 0. The van der Waals surface area contributed by atoms with Crippen molar-refractivity contribution >= 4 is 0 Å². The van der Waals surface area contributed by atoms with E-state index in [1.165, 1.54) is 11.8 Å². The van der Waals surface area contributed by atoms with E-state index in [1.807, 2.05) is 0 Å². The van der Waals surface area contributed by atoms with E-state index >= 15 is 0 Å². The smallest absolute Gasteiger partial charge is 0.0241 e. The van der Waals surface area contributed by atoms with Crippen LogP contribution in [0.2, 0.25) is 0 Å². The second-order valence-electron chi connectivity index (χ2n) is 4.99. The van der Waals surface area contributed by atoms with Crippen molar-refractivity contribution in [2.24, 2.45) is 17.3 Å². The Bertz CT molecular complexity index is 143. The predicted molar refractivity (Wildman–Crippen MR) is 46.3 cm³/mol. The van der Waals surface area contributed by atoms with E-state index < -0.39 is 0 Å². The van der Waals surface area contributed by atoms with Crippen LogP contribution in [0.15, 0.2) is 0 Å². The summed E-state index contributed by atoms with van der Waals surface area (Å²) < 4.78 is 0. The Morgan fingerprint density at radius 1 is 0.727 bits per heavy atom. The average Bonchev–Trinajstić information content (AvgIpc) is 2.72. The van der Waals surface area contributed by atoms with Crippen molar-refractivity contribution in [1.29, 1.82) is 0 Å². The fraction of sp³-hybridized carbons (Fsp3) is 1.00. The lowest BCUT2D eigenvalue weighted by Gasteiger charge is -2.28. The lowest BCUT2D eigenvalue weighted by Crippen LogP contribution is -2.21. The lowest BCUT2D eigenvalue weighted by atomic mass is 9.76. The molecule has 62 valence electrons. The van der Waals surface area contributed by atoms with Crippen molar-refractivity contribution in [2.75, 3.05) is 0 Å². The SMILES string of the molecule is C1CCC2(C1)C1CCC2CC1. The highest BCUT2D eigenvalue weighted by Gasteiger charge is 2.54. The van der Waals surface area contributed by atoms with Crippen LogP contribution in [0.5, 0.6) is 0 Å². The normalized spacial score (nSPS) is 45.8. The fourth-order valence-electron chi connectivity index (χ4n) is 4.43. The molecule has 3 aliphatic rings. The first-order valence-electron chi connectivity index (χ1n) is 5.42. The minimum atomic E-state index is 0.917. The van der Waals surface area contributed by atoms with Crippen LogP contribution in [0.25, 0.3) is 0 Å². The van der Waals surface area contributed by atoms with E-state index in [0.29, 0.717) is 0 Å². The van der Waals surface area contributed by atoms with Gasteiger partial charge < -0.3 is 0 Å². The first-order valence-corrected chi connectivity index (χ1v) is 5.42. The van der Waals surface area contributed by atoms with Crippen LogP contribution in [0.1, 0.15) is 51.4 Å². The van der Waals surface area contributed by atoms with Gasteiger partial charge in [-0.15, -0.1) is 0 Å². The van der Waals surface area contributed by atoms with Crippen LogP contribution in [0.3, 0.4) is 0 Å². The second-order valence-corrected chi connectivity index (χ2v) is 4.99. The highest BCUT2D eigenvalue weighted by molar-refractivity contribution is 5.04. The summed E-state index contributed by atoms with van der Waals surface area (Å²) in [5.74, 6) is 2.35. The summed E-state index contributed by atoms with van der Waals surface area (Å²) in [5, 5.41) is 0. The molecule has 1 spiro atoms. The first kappa shape index (κ1) is 6.51. The summed E-state index contributed by atoms with van der Waals surface area (Å²) in [6, 6.07) is 0. The van der Waals surface area contributed by atoms with Crippen molar-refractivity contribution in [2.45, 2.75) is 51.4 Å². The summed E-state index contributed by atoms with van der Waals surface area (Å²) >= 11 is 0. The predicted octanol–water partition coefficient (Wildman–Crippen LogP) is 3.37. The van der Waals surface area contributed by atoms with Gasteiger partial charge in [-0.25, -0.2) is 0 Å². The van der Waals surface area contributed by atoms with Crippen LogP contribution < -0.4 is 0 Å². The molecule has 0 aromatic carbocycles. The Hall–Kier alpha value is 0. The first-order chi connectivity index (χ1) is 5.42. The van der Waals surface area contributed by atoms with Crippen LogP contribution in [0, 0.1) is 17.3 Å². The molecule has 0 atom stereocenters. The van der Waals surface area contributed by atoms with Gasteiger partial charge in [-0.1, -0.05) is 12.8 Å². The Morgan fingerprint density at radius 3 is 1.64 bits per heavy atom. The van der Waals surface area contributed by atoms with Crippen molar-refractivity contribution in [3.8, 4) is 0 Å². The number of hydrogen-bond acceptors (Lipinski definition) is 0. The molecular formula is C11H18. The molecule has 3 aliphatic carbocycles. The minimum Gasteiger partial charge on any atom is -0.0527 e. The van der Waals surface area contributed by atoms with Gasteiger partial charge in [0.2, 0.25) is 0 Å². The molecule has 0 amide bonds. The third kappa shape index (κ3) is 0.666. The molecule has 0 radical (unpaired) electrons. The van der Waals surface area contributed by atoms with Gasteiger partial charge in [0.05, 0.1) is 0 Å². The topological polar surface area (TPSA) is 0 Å². The highest BCUT2D eigenvalue weighted by Crippen LogP contribution is 2.64. The molecule has 3 fully saturated rings. The zero-order valence-corrected chi connectivity index (χ0v) is 7.31. The maximum absolute atomic E-state index is 1.60. The third-order valence-electron chi connectivity index (χ3n) is 4.89. The molecule has 0 saturated heterocycles. The van der Waals surface area contributed by atoms with E-state index in [4.69, 9.17) is 0 Å². The van der Waals surface area contributed by atoms with Crippen LogP contribution in [-0.4, -0.2) is 0 Å². The molecule has 2 bridgehead atoms. The Kier molecular flexibility index (Phi) is 1.20. The average molecular weight is 150 g/mol. The standard InChI is InChI=1S/C11H18/c1-2-8-11(7-1)9-3-4-10(11)6-5-9/h9-10H,1-8H2. The third-order valence-corrected chi connectivity index (χ3v) is 4.89. The van der Waals surface area contributed by atoms with Crippen LogP contribution >= 0.6 is 0 Å². The van der Waals surface area contributed by atoms with Gasteiger partial charge >= 0.3 is 0 Å². The zero-order chi connectivity index (χ0) is 7.31. The lowest BCUT2D eigenvalue weighted by molar-refractivity contribution is 0.203. The van der Waals surface area contributed by atoms with Crippen LogP contribution in [0.4, 0.5) is 0 Å². The maximum atomic E-state index is 1.60. The van der Waals surface area contributed by atoms with Crippen LogP contribution in [-0.2, 0) is 0 Å². The summed E-state index contributed by atoms with van der Waals surface area (Å²) in [4.78, 5) is 0. The summed E-state index contributed by atoms with van der Waals surface area (Å²) in [6.45, 7) is 0. The van der Waals surface area contributed by atoms with Crippen molar-refractivity contribution in [3.63, 3.8) is 0 Å². The van der Waals surface area contributed by atoms with Crippen molar-refractivity contribution < 1.29 is 0 Å². The molecule has 3 saturated carbocycles. The van der Waals surface area contributed by atoms with Crippen molar-refractivity contribution in [3.05, 3.63) is 0 Å². The van der Waals surface area contributed by atoms with E-state index in [9.17, 15) is 0 Å². The molecule has 0 aromatic heterocycles. The van der Waals surface area contributed by atoms with Gasteiger partial charge in [0.25, 0.3) is 0 Å². The molecule has 0 heteroatoms. The molecule has 0 aliphatic heterocycles. The summed E-state index contributed by atoms with van der Waals surface area (Å²) in [6.07, 6.45) is 12.6. The molecule has 0 unspecified atom stereocenters. The van der Waals surface area contributed by atoms with Gasteiger partial charge in [-0.3, -0.25) is 0 Å². The van der Waals surface area contributed by atoms with Gasteiger partial charge in [-0.2, -0.15) is 0 Å². The Labute approximate surface area is 69.4 Å². The molecule has 0 N–H and O–H groups in total. The van der Waals surface area contributed by atoms with Gasteiger partial charge in [0, 0.05) is 0 Å². The Balaban J connectivity index is 1.95. The monoisotopic (exact) mass is 150 g/mol. The second kappa shape index (κ2) is 2.02. The summed E-state index contributed by atoms with van der Waals surface area (Å²) in [5.41, 5.74) is 0.917. The molecule has 11 heavy (non-hydrogen) atoms. The number of rotatable bonds is 0. The fourth-order valence-corrected chi connectivity index (χ4v) is 4.43. The minimum absolute atomic E-state index is 0.917. The van der Waals surface area contributed by atoms with Gasteiger partial charge in [0.1, 0.15) is 0 Å². The molecule has 3 rings (SSSR count). The van der Waals surface area contributed by atoms with Gasteiger partial charge in [0.15, 0.2) is 0 Å². The van der Waals surface area contributed by atoms with Crippen molar-refractivity contribution in [1.82, 2.24) is 0 Å².